The molecule has 1 N–H and O–H groups in total. The van der Waals surface area contributed by atoms with Crippen molar-refractivity contribution >= 4 is 45.2 Å². The number of carbonyl (C=O) groups is 4. The Morgan fingerprint density at radius 2 is 1.83 bits per heavy atom. The van der Waals surface area contributed by atoms with Crippen LogP contribution in [0.1, 0.15) is 34.3 Å². The Hall–Kier alpha value is -5.46. The molecule has 1 unspecified atom stereocenters. The molecule has 0 bridgehead atoms. The third-order valence-corrected chi connectivity index (χ3v) is 9.31. The average Bonchev–Trinajstić information content (AvgIpc) is 3.65. The number of piperidine rings is 1. The highest BCUT2D eigenvalue weighted by molar-refractivity contribution is 7.21. The Kier molecular flexibility index (Phi) is 8.66. The van der Waals surface area contributed by atoms with Crippen molar-refractivity contribution in [3.8, 4) is 33.2 Å². The first kappa shape index (κ1) is 31.2. The maximum absolute atomic E-state index is 12.9. The summed E-state index contributed by atoms with van der Waals surface area (Å²) in [6.07, 6.45) is 4.07. The Bertz CT molecular complexity index is 2060. The van der Waals surface area contributed by atoms with Gasteiger partial charge in [-0.15, -0.1) is 11.3 Å². The summed E-state index contributed by atoms with van der Waals surface area (Å²) in [4.78, 5) is 59.5. The smallest absolute Gasteiger partial charge is 0.337 e. The second-order valence-electron chi connectivity index (χ2n) is 11.5. The summed E-state index contributed by atoms with van der Waals surface area (Å²) in [5, 5.41) is 3.21. The van der Waals surface area contributed by atoms with Gasteiger partial charge in [-0.25, -0.2) is 9.78 Å². The van der Waals surface area contributed by atoms with E-state index in [4.69, 9.17) is 19.2 Å². The molecule has 1 atom stereocenters. The Labute approximate surface area is 279 Å². The van der Waals surface area contributed by atoms with Gasteiger partial charge in [0.1, 0.15) is 35.8 Å². The van der Waals surface area contributed by atoms with Crippen LogP contribution in [0.3, 0.4) is 0 Å². The van der Waals surface area contributed by atoms with Crippen LogP contribution in [0.15, 0.2) is 79.1 Å². The highest BCUT2D eigenvalue weighted by Gasteiger charge is 2.39. The van der Waals surface area contributed by atoms with E-state index in [1.807, 2.05) is 36.5 Å². The fraction of sp³-hybridized carbons (Fsp3) is 0.222. The lowest BCUT2D eigenvalue weighted by atomic mass is 10.0. The lowest BCUT2D eigenvalue weighted by Gasteiger charge is -2.29. The molecule has 3 amide bonds. The maximum Gasteiger partial charge on any atom is 0.337 e. The van der Waals surface area contributed by atoms with Crippen molar-refractivity contribution in [1.29, 1.82) is 0 Å². The molecular weight excluding hydrogens is 632 g/mol. The standard InChI is InChI=1S/C36H30N4O7S/c1-21-15-22(23-3-2-12-37-18-23)4-7-27(21)35-38-29-9-6-25(17-31(29)48-35)46-14-13-45-20-33(42)47-26-5-8-28-24(16-26)19-40(36(28)44)30-10-11-32(41)39-34(30)43/h2-9,12,15-18,30H,10-11,13-14,19-20H2,1H3,(H,39,41,43). The highest BCUT2D eigenvalue weighted by atomic mass is 32.1. The SMILES string of the molecule is Cc1cc(-c2cccnc2)ccc1-c1nc2ccc(OCCOCC(=O)Oc3ccc4c(c3)CN(C3CCC(=O)NC3=O)C4=O)cc2s1. The van der Waals surface area contributed by atoms with Crippen LogP contribution < -0.4 is 14.8 Å². The number of amides is 3. The molecule has 2 aliphatic heterocycles. The first-order chi connectivity index (χ1) is 23.3. The summed E-state index contributed by atoms with van der Waals surface area (Å²) in [5.74, 6) is -0.764. The molecule has 48 heavy (non-hydrogen) atoms. The summed E-state index contributed by atoms with van der Waals surface area (Å²) in [6.45, 7) is 2.39. The molecule has 0 spiro atoms. The van der Waals surface area contributed by atoms with Gasteiger partial charge in [0.05, 0.1) is 16.8 Å². The molecule has 0 saturated carbocycles. The van der Waals surface area contributed by atoms with Gasteiger partial charge in [-0.2, -0.15) is 0 Å². The number of aromatic nitrogens is 2. The van der Waals surface area contributed by atoms with Gasteiger partial charge in [-0.3, -0.25) is 24.7 Å². The van der Waals surface area contributed by atoms with E-state index in [1.54, 1.807) is 29.7 Å². The van der Waals surface area contributed by atoms with Crippen molar-refractivity contribution in [1.82, 2.24) is 20.2 Å². The van der Waals surface area contributed by atoms with Crippen molar-refractivity contribution in [2.24, 2.45) is 0 Å². The molecule has 0 radical (unpaired) electrons. The summed E-state index contributed by atoms with van der Waals surface area (Å²) < 4.78 is 17.7. The second-order valence-corrected chi connectivity index (χ2v) is 12.5. The van der Waals surface area contributed by atoms with Gasteiger partial charge in [0.2, 0.25) is 11.8 Å². The molecule has 2 aromatic heterocycles. The van der Waals surface area contributed by atoms with Crippen LogP contribution in [0, 0.1) is 6.92 Å². The number of fused-ring (bicyclic) bond motifs is 2. The Morgan fingerprint density at radius 1 is 0.979 bits per heavy atom. The maximum atomic E-state index is 12.9. The highest BCUT2D eigenvalue weighted by Crippen LogP contribution is 2.35. The minimum absolute atomic E-state index is 0.170. The van der Waals surface area contributed by atoms with E-state index in [9.17, 15) is 19.2 Å². The molecule has 5 aromatic rings. The minimum Gasteiger partial charge on any atom is -0.491 e. The zero-order valence-electron chi connectivity index (χ0n) is 25.9. The Balaban J connectivity index is 0.884. The third-order valence-electron chi connectivity index (χ3n) is 8.25. The van der Waals surface area contributed by atoms with Gasteiger partial charge >= 0.3 is 5.97 Å². The van der Waals surface area contributed by atoms with Gasteiger partial charge in [0, 0.05) is 36.5 Å². The van der Waals surface area contributed by atoms with Crippen molar-refractivity contribution in [2.45, 2.75) is 32.4 Å². The van der Waals surface area contributed by atoms with Crippen LogP contribution >= 0.6 is 11.3 Å². The topological polar surface area (TPSA) is 137 Å². The van der Waals surface area contributed by atoms with Gasteiger partial charge < -0.3 is 19.1 Å². The summed E-state index contributed by atoms with van der Waals surface area (Å²) in [7, 11) is 0. The summed E-state index contributed by atoms with van der Waals surface area (Å²) in [6, 6.07) is 20.0. The number of ether oxygens (including phenoxy) is 3. The number of aryl methyl sites for hydroxylation is 1. The third kappa shape index (κ3) is 6.53. The number of nitrogens with one attached hydrogen (secondary N) is 1. The number of nitrogens with zero attached hydrogens (tertiary/aromatic N) is 3. The lowest BCUT2D eigenvalue weighted by Crippen LogP contribution is -2.52. The van der Waals surface area contributed by atoms with Crippen LogP contribution in [0.2, 0.25) is 0 Å². The molecule has 4 heterocycles. The molecule has 0 aliphatic carbocycles. The molecule has 2 aliphatic rings. The fourth-order valence-corrected chi connectivity index (χ4v) is 6.96. The summed E-state index contributed by atoms with van der Waals surface area (Å²) in [5.41, 5.74) is 6.35. The van der Waals surface area contributed by atoms with E-state index in [0.29, 0.717) is 16.9 Å². The van der Waals surface area contributed by atoms with E-state index in [-0.39, 0.29) is 56.8 Å². The zero-order chi connectivity index (χ0) is 33.2. The van der Waals surface area contributed by atoms with Crippen molar-refractivity contribution in [3.63, 3.8) is 0 Å². The number of thiazole rings is 1. The molecular formula is C36H30N4O7S. The molecule has 1 fully saturated rings. The Morgan fingerprint density at radius 3 is 2.65 bits per heavy atom. The van der Waals surface area contributed by atoms with E-state index in [1.165, 1.54) is 11.0 Å². The number of pyridine rings is 1. The second kappa shape index (κ2) is 13.3. The molecule has 12 heteroatoms. The number of carbonyl (C=O) groups excluding carboxylic acids is 4. The van der Waals surface area contributed by atoms with E-state index in [2.05, 4.69) is 35.4 Å². The van der Waals surface area contributed by atoms with Crippen LogP contribution in [-0.4, -0.2) is 64.4 Å². The molecule has 242 valence electrons. The zero-order valence-corrected chi connectivity index (χ0v) is 26.7. The minimum atomic E-state index is -0.711. The van der Waals surface area contributed by atoms with Crippen LogP contribution in [0.5, 0.6) is 11.5 Å². The van der Waals surface area contributed by atoms with Crippen LogP contribution in [0.4, 0.5) is 0 Å². The first-order valence-corrected chi connectivity index (χ1v) is 16.2. The normalized spacial score (nSPS) is 15.8. The molecule has 7 rings (SSSR count). The van der Waals surface area contributed by atoms with Gasteiger partial charge in [0.25, 0.3) is 5.91 Å². The summed E-state index contributed by atoms with van der Waals surface area (Å²) >= 11 is 1.60. The monoisotopic (exact) mass is 662 g/mol. The number of hydrogen-bond donors (Lipinski definition) is 1. The van der Waals surface area contributed by atoms with Crippen molar-refractivity contribution in [2.75, 3.05) is 19.8 Å². The average molecular weight is 663 g/mol. The quantitative estimate of drug-likeness (QED) is 0.0938. The van der Waals surface area contributed by atoms with Gasteiger partial charge in [-0.1, -0.05) is 24.3 Å². The van der Waals surface area contributed by atoms with E-state index < -0.39 is 17.9 Å². The number of rotatable bonds is 10. The fourth-order valence-electron chi connectivity index (χ4n) is 5.88. The van der Waals surface area contributed by atoms with Crippen molar-refractivity contribution < 1.29 is 33.4 Å². The molecule has 1 saturated heterocycles. The number of hydrogen-bond acceptors (Lipinski definition) is 10. The molecule has 11 nitrogen and oxygen atoms in total. The predicted molar refractivity (Wildman–Crippen MR) is 177 cm³/mol. The van der Waals surface area contributed by atoms with Crippen LogP contribution in [-0.2, 0) is 25.7 Å². The number of esters is 1. The predicted octanol–water partition coefficient (Wildman–Crippen LogP) is 5.10. The molecule has 3 aromatic carbocycles. The lowest BCUT2D eigenvalue weighted by molar-refractivity contribution is -0.140. The van der Waals surface area contributed by atoms with E-state index in [0.717, 1.165) is 37.5 Å². The van der Waals surface area contributed by atoms with E-state index >= 15 is 0 Å². The van der Waals surface area contributed by atoms with Gasteiger partial charge in [0.15, 0.2) is 0 Å². The number of imide groups is 1. The van der Waals surface area contributed by atoms with Gasteiger partial charge in [-0.05, 0) is 78.1 Å². The number of benzene rings is 3. The van der Waals surface area contributed by atoms with Crippen LogP contribution in [0.25, 0.3) is 31.9 Å². The van der Waals surface area contributed by atoms with Crippen molar-refractivity contribution in [3.05, 3.63) is 95.8 Å². The first-order valence-electron chi connectivity index (χ1n) is 15.4. The largest absolute Gasteiger partial charge is 0.491 e.